The first-order valence-corrected chi connectivity index (χ1v) is 4.96. The van der Waals surface area contributed by atoms with Gasteiger partial charge in [-0.25, -0.2) is 0 Å². The molecule has 1 amide bonds. The van der Waals surface area contributed by atoms with Crippen LogP contribution in [-0.2, 0) is 4.79 Å². The highest BCUT2D eigenvalue weighted by Gasteiger charge is 2.10. The lowest BCUT2D eigenvalue weighted by Crippen LogP contribution is -2.32. The minimum absolute atomic E-state index is 0.0155. The topological polar surface area (TPSA) is 32.3 Å². The summed E-state index contributed by atoms with van der Waals surface area (Å²) in [4.78, 5) is 13.4. The smallest absolute Gasteiger partial charge is 0.243 e. The summed E-state index contributed by atoms with van der Waals surface area (Å²) in [5.41, 5.74) is 0. The maximum Gasteiger partial charge on any atom is 0.243 e. The molecule has 1 saturated heterocycles. The largest absolute Gasteiger partial charge is 0.351 e. The summed E-state index contributed by atoms with van der Waals surface area (Å²) in [7, 11) is 0. The van der Waals surface area contributed by atoms with Crippen LogP contribution in [-0.4, -0.2) is 37.0 Å². The van der Waals surface area contributed by atoms with Gasteiger partial charge in [-0.15, -0.1) is 0 Å². The summed E-state index contributed by atoms with van der Waals surface area (Å²) < 4.78 is 0. The van der Waals surface area contributed by atoms with Crippen LogP contribution in [0, 0.1) is 0 Å². The Morgan fingerprint density at radius 2 is 2.15 bits per heavy atom. The van der Waals surface area contributed by atoms with E-state index in [0.29, 0.717) is 0 Å². The molecule has 0 aliphatic carbocycles. The second-order valence-corrected chi connectivity index (χ2v) is 3.34. The molecule has 0 saturated carbocycles. The summed E-state index contributed by atoms with van der Waals surface area (Å²) in [5, 5.41) is 2.84. The van der Waals surface area contributed by atoms with Crippen molar-refractivity contribution >= 4 is 5.91 Å². The summed E-state index contributed by atoms with van der Waals surface area (Å²) in [6.07, 6.45) is 5.93. The number of hydrogen-bond donors (Lipinski definition) is 1. The molecule has 1 aliphatic heterocycles. The van der Waals surface area contributed by atoms with Gasteiger partial charge in [0.15, 0.2) is 0 Å². The molecule has 0 aromatic carbocycles. The van der Waals surface area contributed by atoms with Crippen molar-refractivity contribution in [3.05, 3.63) is 12.2 Å². The first-order valence-electron chi connectivity index (χ1n) is 4.96. The van der Waals surface area contributed by atoms with E-state index in [1.165, 1.54) is 25.9 Å². The van der Waals surface area contributed by atoms with Gasteiger partial charge in [0.25, 0.3) is 0 Å². The van der Waals surface area contributed by atoms with E-state index in [1.807, 2.05) is 6.92 Å². The number of carbonyl (C=O) groups is 1. The van der Waals surface area contributed by atoms with Crippen LogP contribution in [0.4, 0.5) is 0 Å². The average molecular weight is 182 g/mol. The van der Waals surface area contributed by atoms with E-state index in [9.17, 15) is 4.79 Å². The molecule has 0 aromatic heterocycles. The predicted molar refractivity (Wildman–Crippen MR) is 53.5 cm³/mol. The zero-order chi connectivity index (χ0) is 9.52. The molecular formula is C10H18N2O. The van der Waals surface area contributed by atoms with Crippen molar-refractivity contribution in [1.82, 2.24) is 10.2 Å². The van der Waals surface area contributed by atoms with Gasteiger partial charge in [-0.3, -0.25) is 4.79 Å². The van der Waals surface area contributed by atoms with Gasteiger partial charge in [-0.1, -0.05) is 6.08 Å². The predicted octanol–water partition coefficient (Wildman–Crippen LogP) is 0.774. The molecule has 1 heterocycles. The monoisotopic (exact) mass is 182 g/mol. The Bertz CT molecular complexity index is 183. The lowest BCUT2D eigenvalue weighted by atomic mass is 10.4. The second-order valence-electron chi connectivity index (χ2n) is 3.34. The van der Waals surface area contributed by atoms with E-state index in [-0.39, 0.29) is 5.91 Å². The third-order valence-electron chi connectivity index (χ3n) is 2.24. The minimum atomic E-state index is 0.0155. The standard InChI is InChI=1S/C10H18N2O/c1-2-5-10(13)11-6-9-12-7-3-4-8-12/h2,5H,3-4,6-9H2,1H3,(H,11,13)/b5-2+. The van der Waals surface area contributed by atoms with Crippen molar-refractivity contribution in [2.45, 2.75) is 19.8 Å². The zero-order valence-electron chi connectivity index (χ0n) is 8.25. The number of amides is 1. The van der Waals surface area contributed by atoms with Gasteiger partial charge >= 0.3 is 0 Å². The van der Waals surface area contributed by atoms with Crippen LogP contribution < -0.4 is 5.32 Å². The first-order chi connectivity index (χ1) is 6.33. The van der Waals surface area contributed by atoms with E-state index in [4.69, 9.17) is 0 Å². The number of nitrogens with one attached hydrogen (secondary N) is 1. The van der Waals surface area contributed by atoms with Gasteiger partial charge in [-0.2, -0.15) is 0 Å². The molecule has 1 aliphatic rings. The van der Waals surface area contributed by atoms with Gasteiger partial charge in [0.1, 0.15) is 0 Å². The molecule has 1 fully saturated rings. The van der Waals surface area contributed by atoms with Crippen molar-refractivity contribution in [3.63, 3.8) is 0 Å². The van der Waals surface area contributed by atoms with Gasteiger partial charge in [0, 0.05) is 13.1 Å². The normalized spacial score (nSPS) is 18.2. The minimum Gasteiger partial charge on any atom is -0.351 e. The second kappa shape index (κ2) is 5.75. The van der Waals surface area contributed by atoms with Crippen LogP contribution in [0.2, 0.25) is 0 Å². The zero-order valence-corrected chi connectivity index (χ0v) is 8.25. The van der Waals surface area contributed by atoms with Crippen molar-refractivity contribution in [3.8, 4) is 0 Å². The molecule has 0 radical (unpaired) electrons. The van der Waals surface area contributed by atoms with Gasteiger partial charge in [0.2, 0.25) is 5.91 Å². The van der Waals surface area contributed by atoms with E-state index >= 15 is 0 Å². The Labute approximate surface area is 79.8 Å². The van der Waals surface area contributed by atoms with Crippen LogP contribution >= 0.6 is 0 Å². The lowest BCUT2D eigenvalue weighted by Gasteiger charge is -2.13. The Balaban J connectivity index is 2.02. The summed E-state index contributed by atoms with van der Waals surface area (Å²) in [6.45, 7) is 5.99. The molecule has 0 aromatic rings. The number of likely N-dealkylation sites (tertiary alicyclic amines) is 1. The number of rotatable bonds is 4. The number of carbonyl (C=O) groups excluding carboxylic acids is 1. The third-order valence-corrected chi connectivity index (χ3v) is 2.24. The van der Waals surface area contributed by atoms with Crippen LogP contribution in [0.1, 0.15) is 19.8 Å². The lowest BCUT2D eigenvalue weighted by molar-refractivity contribution is -0.116. The maximum absolute atomic E-state index is 11.0. The fourth-order valence-electron chi connectivity index (χ4n) is 1.55. The Kier molecular flexibility index (Phi) is 4.54. The van der Waals surface area contributed by atoms with Crippen LogP contribution in [0.3, 0.4) is 0 Å². The van der Waals surface area contributed by atoms with Crippen LogP contribution in [0.25, 0.3) is 0 Å². The summed E-state index contributed by atoms with van der Waals surface area (Å²) in [6, 6.07) is 0. The van der Waals surface area contributed by atoms with Gasteiger partial charge in [-0.05, 0) is 38.9 Å². The van der Waals surface area contributed by atoms with Gasteiger partial charge < -0.3 is 10.2 Å². The Morgan fingerprint density at radius 3 is 2.77 bits per heavy atom. The quantitative estimate of drug-likeness (QED) is 0.651. The van der Waals surface area contributed by atoms with Crippen molar-refractivity contribution < 1.29 is 4.79 Å². The molecular weight excluding hydrogens is 164 g/mol. The molecule has 0 unspecified atom stereocenters. The van der Waals surface area contributed by atoms with Crippen LogP contribution in [0.15, 0.2) is 12.2 Å². The third kappa shape index (κ3) is 4.08. The fourth-order valence-corrected chi connectivity index (χ4v) is 1.55. The number of allylic oxidation sites excluding steroid dienone is 1. The average Bonchev–Trinajstić information content (AvgIpc) is 2.57. The van der Waals surface area contributed by atoms with Crippen molar-refractivity contribution in [2.24, 2.45) is 0 Å². The van der Waals surface area contributed by atoms with E-state index in [0.717, 1.165) is 13.1 Å². The Hall–Kier alpha value is -0.830. The number of hydrogen-bond acceptors (Lipinski definition) is 2. The molecule has 3 nitrogen and oxygen atoms in total. The first kappa shape index (κ1) is 10.3. The maximum atomic E-state index is 11.0. The fraction of sp³-hybridized carbons (Fsp3) is 0.700. The van der Waals surface area contributed by atoms with E-state index in [1.54, 1.807) is 12.2 Å². The Morgan fingerprint density at radius 1 is 1.46 bits per heavy atom. The molecule has 74 valence electrons. The van der Waals surface area contributed by atoms with E-state index in [2.05, 4.69) is 10.2 Å². The highest BCUT2D eigenvalue weighted by Crippen LogP contribution is 2.05. The molecule has 1 N–H and O–H groups in total. The molecule has 13 heavy (non-hydrogen) atoms. The van der Waals surface area contributed by atoms with Gasteiger partial charge in [0.05, 0.1) is 0 Å². The highest BCUT2D eigenvalue weighted by atomic mass is 16.1. The molecule has 0 atom stereocenters. The summed E-state index contributed by atoms with van der Waals surface area (Å²) in [5.74, 6) is 0.0155. The molecule has 0 bridgehead atoms. The van der Waals surface area contributed by atoms with Crippen LogP contribution in [0.5, 0.6) is 0 Å². The molecule has 0 spiro atoms. The SMILES string of the molecule is C/C=C/C(=O)NCCN1CCCC1. The molecule has 1 rings (SSSR count). The van der Waals surface area contributed by atoms with Crippen molar-refractivity contribution in [1.29, 1.82) is 0 Å². The van der Waals surface area contributed by atoms with Crippen molar-refractivity contribution in [2.75, 3.05) is 26.2 Å². The summed E-state index contributed by atoms with van der Waals surface area (Å²) >= 11 is 0. The molecule has 3 heteroatoms. The van der Waals surface area contributed by atoms with E-state index < -0.39 is 0 Å². The number of nitrogens with zero attached hydrogens (tertiary/aromatic N) is 1. The highest BCUT2D eigenvalue weighted by molar-refractivity contribution is 5.87.